The molecule has 1 saturated heterocycles. The van der Waals surface area contributed by atoms with Crippen LogP contribution in [0, 0.1) is 11.3 Å². The highest BCUT2D eigenvalue weighted by molar-refractivity contribution is 6.07. The van der Waals surface area contributed by atoms with Crippen molar-refractivity contribution in [3.05, 3.63) is 35.5 Å². The van der Waals surface area contributed by atoms with Crippen LogP contribution in [0.2, 0.25) is 0 Å². The zero-order chi connectivity index (χ0) is 24.5. The predicted molar refractivity (Wildman–Crippen MR) is 116 cm³/mol. The molecule has 2 aliphatic rings. The SMILES string of the molecule is COC(=O)Nc1ccc(C2=C(C(=O)OCOC(=O)C(C)(C)C)N3C(=O)[C@H]([C@@H](C)O)[C@H]3C2)cc1. The molecule has 0 aromatic heterocycles. The number of hydrogen-bond acceptors (Lipinski definition) is 8. The summed E-state index contributed by atoms with van der Waals surface area (Å²) in [5.74, 6) is -2.32. The van der Waals surface area contributed by atoms with Crippen molar-refractivity contribution in [2.75, 3.05) is 19.2 Å². The van der Waals surface area contributed by atoms with E-state index in [1.807, 2.05) is 0 Å². The number of ether oxygens (including phenoxy) is 3. The molecule has 0 aliphatic carbocycles. The van der Waals surface area contributed by atoms with Crippen LogP contribution in [0.1, 0.15) is 39.7 Å². The standard InChI is InChI=1S/C23H28N2O8/c1-12(26)17-16-10-15(13-6-8-14(9-7-13)24-22(30)31-5)18(25(16)19(17)27)20(28)32-11-33-21(29)23(2,3)4/h6-9,12,16-17,26H,10-11H2,1-5H3,(H,24,30)/t12-,16-,17-/m1/s1. The molecule has 10 heteroatoms. The van der Waals surface area contributed by atoms with E-state index in [2.05, 4.69) is 10.1 Å². The normalized spacial score (nSPS) is 20.5. The van der Waals surface area contributed by atoms with Crippen LogP contribution in [0.5, 0.6) is 0 Å². The molecule has 33 heavy (non-hydrogen) atoms. The van der Waals surface area contributed by atoms with E-state index in [0.717, 1.165) is 0 Å². The Balaban J connectivity index is 1.84. The Morgan fingerprint density at radius 2 is 1.82 bits per heavy atom. The molecule has 2 aliphatic heterocycles. The molecule has 0 saturated carbocycles. The number of aliphatic hydroxyl groups is 1. The Hall–Kier alpha value is -3.40. The van der Waals surface area contributed by atoms with Crippen molar-refractivity contribution in [3.63, 3.8) is 0 Å². The summed E-state index contributed by atoms with van der Waals surface area (Å²) < 4.78 is 14.7. The van der Waals surface area contributed by atoms with E-state index in [1.165, 1.54) is 18.9 Å². The number of anilines is 1. The highest BCUT2D eigenvalue weighted by Gasteiger charge is 2.57. The molecule has 2 N–H and O–H groups in total. The van der Waals surface area contributed by atoms with Gasteiger partial charge in [-0.1, -0.05) is 12.1 Å². The summed E-state index contributed by atoms with van der Waals surface area (Å²) in [5, 5.41) is 12.5. The number of methoxy groups -OCH3 is 1. The summed E-state index contributed by atoms with van der Waals surface area (Å²) in [6.07, 6.45) is -1.14. The third kappa shape index (κ3) is 4.85. The number of β-lactam (4-membered cyclic amide) rings is 1. The number of amides is 2. The number of carbonyl (C=O) groups is 4. The number of nitrogens with zero attached hydrogens (tertiary/aromatic N) is 1. The van der Waals surface area contributed by atoms with Gasteiger partial charge in [0.05, 0.1) is 30.6 Å². The quantitative estimate of drug-likeness (QED) is 0.375. The first kappa shape index (κ1) is 24.2. The van der Waals surface area contributed by atoms with Crippen LogP contribution in [-0.4, -0.2) is 60.0 Å². The van der Waals surface area contributed by atoms with Gasteiger partial charge in [-0.3, -0.25) is 14.9 Å². The van der Waals surface area contributed by atoms with E-state index in [9.17, 15) is 24.3 Å². The van der Waals surface area contributed by atoms with Gasteiger partial charge in [-0.2, -0.15) is 0 Å². The monoisotopic (exact) mass is 460 g/mol. The Kier molecular flexibility index (Phi) is 6.78. The number of aliphatic hydroxyl groups excluding tert-OH is 1. The van der Waals surface area contributed by atoms with Crippen molar-refractivity contribution in [1.29, 1.82) is 0 Å². The predicted octanol–water partition coefficient (Wildman–Crippen LogP) is 2.28. The summed E-state index contributed by atoms with van der Waals surface area (Å²) in [4.78, 5) is 50.3. The fourth-order valence-corrected chi connectivity index (χ4v) is 3.86. The number of hydrogen-bond donors (Lipinski definition) is 2. The van der Waals surface area contributed by atoms with Crippen LogP contribution in [0.3, 0.4) is 0 Å². The number of nitrogens with one attached hydrogen (secondary N) is 1. The first-order chi connectivity index (χ1) is 15.5. The highest BCUT2D eigenvalue weighted by Crippen LogP contribution is 2.47. The third-order valence-electron chi connectivity index (χ3n) is 5.58. The fraction of sp³-hybridized carbons (Fsp3) is 0.478. The molecule has 178 valence electrons. The van der Waals surface area contributed by atoms with Crippen LogP contribution in [0.25, 0.3) is 5.57 Å². The lowest BCUT2D eigenvalue weighted by Gasteiger charge is -2.44. The van der Waals surface area contributed by atoms with Gasteiger partial charge in [0.1, 0.15) is 5.70 Å². The minimum Gasteiger partial charge on any atom is -0.453 e. The molecule has 0 bridgehead atoms. The van der Waals surface area contributed by atoms with Gasteiger partial charge < -0.3 is 24.2 Å². The lowest BCUT2D eigenvalue weighted by molar-refractivity contribution is -0.175. The fourth-order valence-electron chi connectivity index (χ4n) is 3.86. The minimum atomic E-state index is -0.866. The Morgan fingerprint density at radius 1 is 1.18 bits per heavy atom. The van der Waals surface area contributed by atoms with Gasteiger partial charge in [-0.05, 0) is 57.4 Å². The summed E-state index contributed by atoms with van der Waals surface area (Å²) in [6.45, 7) is 5.97. The van der Waals surface area contributed by atoms with E-state index >= 15 is 0 Å². The Bertz CT molecular complexity index is 991. The minimum absolute atomic E-state index is 0.0578. The number of fused-ring (bicyclic) bond motifs is 1. The van der Waals surface area contributed by atoms with E-state index in [4.69, 9.17) is 9.47 Å². The summed E-state index contributed by atoms with van der Waals surface area (Å²) in [5.41, 5.74) is 1.00. The third-order valence-corrected chi connectivity index (χ3v) is 5.58. The van der Waals surface area contributed by atoms with Crippen molar-refractivity contribution in [2.24, 2.45) is 11.3 Å². The van der Waals surface area contributed by atoms with Crippen molar-refractivity contribution < 1.29 is 38.5 Å². The van der Waals surface area contributed by atoms with Gasteiger partial charge in [0, 0.05) is 5.69 Å². The van der Waals surface area contributed by atoms with E-state index < -0.39 is 42.3 Å². The molecular formula is C23H28N2O8. The lowest BCUT2D eigenvalue weighted by Crippen LogP contribution is -2.61. The average Bonchev–Trinajstić information content (AvgIpc) is 3.08. The maximum Gasteiger partial charge on any atom is 0.411 e. The molecule has 1 aromatic carbocycles. The van der Waals surface area contributed by atoms with Crippen LogP contribution in [0.4, 0.5) is 10.5 Å². The summed E-state index contributed by atoms with van der Waals surface area (Å²) in [7, 11) is 1.25. The molecule has 2 heterocycles. The average molecular weight is 460 g/mol. The molecule has 3 rings (SSSR count). The topological polar surface area (TPSA) is 131 Å². The van der Waals surface area contributed by atoms with E-state index in [0.29, 0.717) is 23.2 Å². The molecule has 0 unspecified atom stereocenters. The number of benzene rings is 1. The van der Waals surface area contributed by atoms with Crippen molar-refractivity contribution >= 4 is 35.2 Å². The second-order valence-electron chi connectivity index (χ2n) is 9.00. The van der Waals surface area contributed by atoms with Gasteiger partial charge in [0.2, 0.25) is 12.7 Å². The van der Waals surface area contributed by atoms with E-state index in [-0.39, 0.29) is 17.6 Å². The summed E-state index contributed by atoms with van der Waals surface area (Å²) in [6, 6.07) is 6.29. The molecule has 1 aromatic rings. The number of rotatable bonds is 6. The van der Waals surface area contributed by atoms with Crippen molar-refractivity contribution in [1.82, 2.24) is 4.90 Å². The number of esters is 2. The van der Waals surface area contributed by atoms with Crippen LogP contribution in [-0.2, 0) is 28.6 Å². The smallest absolute Gasteiger partial charge is 0.411 e. The molecule has 0 spiro atoms. The van der Waals surface area contributed by atoms with Crippen LogP contribution in [0.15, 0.2) is 30.0 Å². The highest BCUT2D eigenvalue weighted by atomic mass is 16.7. The second-order valence-corrected chi connectivity index (χ2v) is 9.00. The maximum absolute atomic E-state index is 12.9. The first-order valence-electron chi connectivity index (χ1n) is 10.5. The molecule has 10 nitrogen and oxygen atoms in total. The van der Waals surface area contributed by atoms with Gasteiger partial charge >= 0.3 is 18.0 Å². The van der Waals surface area contributed by atoms with Gasteiger partial charge in [0.25, 0.3) is 0 Å². The molecular weight excluding hydrogens is 432 g/mol. The van der Waals surface area contributed by atoms with Crippen LogP contribution >= 0.6 is 0 Å². The zero-order valence-electron chi connectivity index (χ0n) is 19.2. The summed E-state index contributed by atoms with van der Waals surface area (Å²) >= 11 is 0. The van der Waals surface area contributed by atoms with Gasteiger partial charge in [-0.15, -0.1) is 0 Å². The van der Waals surface area contributed by atoms with Gasteiger partial charge in [-0.25, -0.2) is 9.59 Å². The Morgan fingerprint density at radius 3 is 2.36 bits per heavy atom. The molecule has 1 fully saturated rings. The van der Waals surface area contributed by atoms with Crippen molar-refractivity contribution in [2.45, 2.75) is 46.3 Å². The second kappa shape index (κ2) is 9.22. The van der Waals surface area contributed by atoms with Crippen LogP contribution < -0.4 is 5.32 Å². The molecule has 3 atom stereocenters. The zero-order valence-corrected chi connectivity index (χ0v) is 19.2. The maximum atomic E-state index is 12.9. The largest absolute Gasteiger partial charge is 0.453 e. The molecule has 0 radical (unpaired) electrons. The van der Waals surface area contributed by atoms with Gasteiger partial charge in [0.15, 0.2) is 0 Å². The van der Waals surface area contributed by atoms with Crippen molar-refractivity contribution in [3.8, 4) is 0 Å². The number of carbonyl (C=O) groups excluding carboxylic acids is 4. The first-order valence-corrected chi connectivity index (χ1v) is 10.5. The Labute approximate surface area is 191 Å². The molecule has 2 amide bonds. The van der Waals surface area contributed by atoms with E-state index in [1.54, 1.807) is 45.0 Å². The lowest BCUT2D eigenvalue weighted by atomic mass is 9.82.